The molecule has 2 fully saturated rings. The SMILES string of the molecule is CCSCCCN1C(=O)C(C)(C2CC2)NC(=O)C1C. The number of nitrogens with zero attached hydrogens (tertiary/aromatic N) is 1. The van der Waals surface area contributed by atoms with E-state index in [2.05, 4.69) is 12.2 Å². The molecular weight excluding hydrogens is 260 g/mol. The zero-order valence-corrected chi connectivity index (χ0v) is 12.9. The van der Waals surface area contributed by atoms with Crippen LogP contribution in [-0.4, -0.2) is 46.3 Å². The summed E-state index contributed by atoms with van der Waals surface area (Å²) in [6.07, 6.45) is 3.06. The third kappa shape index (κ3) is 2.91. The third-order valence-corrected chi connectivity index (χ3v) is 5.21. The molecule has 19 heavy (non-hydrogen) atoms. The Bertz CT molecular complexity index is 370. The molecule has 2 amide bonds. The second-order valence-electron chi connectivity index (χ2n) is 5.69. The van der Waals surface area contributed by atoms with E-state index in [4.69, 9.17) is 0 Å². The van der Waals surface area contributed by atoms with Crippen molar-refractivity contribution in [3.8, 4) is 0 Å². The van der Waals surface area contributed by atoms with Crippen LogP contribution in [0.1, 0.15) is 40.0 Å². The first-order chi connectivity index (χ1) is 9.00. The minimum atomic E-state index is -0.651. The summed E-state index contributed by atoms with van der Waals surface area (Å²) in [6, 6.07) is -0.328. The van der Waals surface area contributed by atoms with Crippen molar-refractivity contribution in [2.75, 3.05) is 18.1 Å². The van der Waals surface area contributed by atoms with E-state index in [0.717, 1.165) is 30.8 Å². The van der Waals surface area contributed by atoms with Crippen LogP contribution in [-0.2, 0) is 9.59 Å². The van der Waals surface area contributed by atoms with Gasteiger partial charge in [-0.25, -0.2) is 0 Å². The molecule has 5 heteroatoms. The number of thioether (sulfide) groups is 1. The predicted molar refractivity (Wildman–Crippen MR) is 78.1 cm³/mol. The van der Waals surface area contributed by atoms with E-state index >= 15 is 0 Å². The molecule has 108 valence electrons. The Morgan fingerprint density at radius 3 is 2.68 bits per heavy atom. The molecule has 4 nitrogen and oxygen atoms in total. The molecule has 0 aromatic carbocycles. The first kappa shape index (κ1) is 14.7. The summed E-state index contributed by atoms with van der Waals surface area (Å²) in [7, 11) is 0. The van der Waals surface area contributed by atoms with Crippen LogP contribution in [0.4, 0.5) is 0 Å². The number of piperazine rings is 1. The summed E-state index contributed by atoms with van der Waals surface area (Å²) in [5, 5.41) is 2.95. The lowest BCUT2D eigenvalue weighted by Gasteiger charge is -2.43. The molecule has 0 spiro atoms. The maximum Gasteiger partial charge on any atom is 0.248 e. The monoisotopic (exact) mass is 284 g/mol. The summed E-state index contributed by atoms with van der Waals surface area (Å²) in [4.78, 5) is 26.5. The smallest absolute Gasteiger partial charge is 0.248 e. The van der Waals surface area contributed by atoms with Crippen molar-refractivity contribution in [1.82, 2.24) is 10.2 Å². The van der Waals surface area contributed by atoms with Crippen molar-refractivity contribution in [2.45, 2.75) is 51.6 Å². The summed E-state index contributed by atoms with van der Waals surface area (Å²) in [5.41, 5.74) is -0.651. The van der Waals surface area contributed by atoms with Gasteiger partial charge in [-0.1, -0.05) is 6.92 Å². The van der Waals surface area contributed by atoms with E-state index < -0.39 is 5.54 Å². The normalized spacial score (nSPS) is 31.5. The predicted octanol–water partition coefficient (Wildman–Crippen LogP) is 1.65. The van der Waals surface area contributed by atoms with Crippen LogP contribution in [0.15, 0.2) is 0 Å². The molecule has 1 saturated carbocycles. The lowest BCUT2D eigenvalue weighted by atomic mass is 9.89. The van der Waals surface area contributed by atoms with E-state index in [1.165, 1.54) is 0 Å². The van der Waals surface area contributed by atoms with E-state index in [0.29, 0.717) is 12.5 Å². The number of nitrogens with one attached hydrogen (secondary N) is 1. The van der Waals surface area contributed by atoms with Gasteiger partial charge in [0.25, 0.3) is 0 Å². The van der Waals surface area contributed by atoms with Crippen LogP contribution in [0.3, 0.4) is 0 Å². The molecule has 1 saturated heterocycles. The van der Waals surface area contributed by atoms with Gasteiger partial charge in [0, 0.05) is 6.54 Å². The van der Waals surface area contributed by atoms with Gasteiger partial charge in [-0.3, -0.25) is 9.59 Å². The molecule has 2 rings (SSSR count). The van der Waals surface area contributed by atoms with Gasteiger partial charge in [0.1, 0.15) is 11.6 Å². The van der Waals surface area contributed by atoms with Crippen molar-refractivity contribution >= 4 is 23.6 Å². The summed E-state index contributed by atoms with van der Waals surface area (Å²) in [5.74, 6) is 2.60. The molecule has 1 N–H and O–H groups in total. The summed E-state index contributed by atoms with van der Waals surface area (Å²) >= 11 is 1.88. The highest BCUT2D eigenvalue weighted by molar-refractivity contribution is 7.99. The van der Waals surface area contributed by atoms with Crippen LogP contribution in [0, 0.1) is 5.92 Å². The molecule has 2 unspecified atom stereocenters. The average molecular weight is 284 g/mol. The second kappa shape index (κ2) is 5.73. The topological polar surface area (TPSA) is 49.4 Å². The molecule has 1 aliphatic heterocycles. The molecule has 0 bridgehead atoms. The number of rotatable bonds is 6. The molecule has 1 aliphatic carbocycles. The molecule has 2 atom stereocenters. The van der Waals surface area contributed by atoms with E-state index in [1.807, 2.05) is 25.6 Å². The standard InChI is InChI=1S/C14H24N2O2S/c1-4-19-9-5-8-16-10(2)12(17)15-14(3,13(16)18)11-6-7-11/h10-11H,4-9H2,1-3H3,(H,15,17). The van der Waals surface area contributed by atoms with Crippen LogP contribution < -0.4 is 5.32 Å². The zero-order chi connectivity index (χ0) is 14.0. The number of hydrogen-bond donors (Lipinski definition) is 1. The highest BCUT2D eigenvalue weighted by Crippen LogP contribution is 2.42. The highest BCUT2D eigenvalue weighted by Gasteiger charge is 2.54. The van der Waals surface area contributed by atoms with Crippen molar-refractivity contribution in [2.24, 2.45) is 5.92 Å². The van der Waals surface area contributed by atoms with E-state index in [9.17, 15) is 9.59 Å². The Morgan fingerprint density at radius 2 is 2.11 bits per heavy atom. The van der Waals surface area contributed by atoms with E-state index in [1.54, 1.807) is 4.90 Å². The van der Waals surface area contributed by atoms with Gasteiger partial charge in [0.15, 0.2) is 0 Å². The Hall–Kier alpha value is -0.710. The van der Waals surface area contributed by atoms with E-state index in [-0.39, 0.29) is 17.9 Å². The van der Waals surface area contributed by atoms with Gasteiger partial charge >= 0.3 is 0 Å². The first-order valence-corrected chi connectivity index (χ1v) is 8.37. The largest absolute Gasteiger partial charge is 0.340 e. The Labute approximate surface area is 119 Å². The quantitative estimate of drug-likeness (QED) is 0.755. The Morgan fingerprint density at radius 1 is 1.42 bits per heavy atom. The fraction of sp³-hybridized carbons (Fsp3) is 0.857. The Kier molecular flexibility index (Phi) is 4.43. The van der Waals surface area contributed by atoms with Gasteiger partial charge < -0.3 is 10.2 Å². The second-order valence-corrected chi connectivity index (χ2v) is 7.08. The summed E-state index contributed by atoms with van der Waals surface area (Å²) < 4.78 is 0. The molecule has 1 heterocycles. The van der Waals surface area contributed by atoms with Gasteiger partial charge in [0.2, 0.25) is 11.8 Å². The maximum absolute atomic E-state index is 12.7. The van der Waals surface area contributed by atoms with Gasteiger partial charge in [-0.05, 0) is 50.5 Å². The van der Waals surface area contributed by atoms with Crippen molar-refractivity contribution in [3.05, 3.63) is 0 Å². The fourth-order valence-corrected chi connectivity index (χ4v) is 3.37. The number of hydrogen-bond acceptors (Lipinski definition) is 3. The molecule has 2 aliphatic rings. The van der Waals surface area contributed by atoms with Crippen LogP contribution in [0.2, 0.25) is 0 Å². The van der Waals surface area contributed by atoms with Gasteiger partial charge in [0.05, 0.1) is 0 Å². The fourth-order valence-electron chi connectivity index (χ4n) is 2.74. The third-order valence-electron chi connectivity index (χ3n) is 4.22. The van der Waals surface area contributed by atoms with Gasteiger partial charge in [-0.15, -0.1) is 0 Å². The molecular formula is C14H24N2O2S. The first-order valence-electron chi connectivity index (χ1n) is 7.21. The maximum atomic E-state index is 12.7. The number of carbonyl (C=O) groups is 2. The molecule has 0 radical (unpaired) electrons. The lowest BCUT2D eigenvalue weighted by molar-refractivity contribution is -0.154. The van der Waals surface area contributed by atoms with Crippen LogP contribution in [0.25, 0.3) is 0 Å². The van der Waals surface area contributed by atoms with Crippen molar-refractivity contribution in [3.63, 3.8) is 0 Å². The number of carbonyl (C=O) groups excluding carboxylic acids is 2. The Balaban J connectivity index is 2.02. The van der Waals surface area contributed by atoms with Crippen molar-refractivity contribution < 1.29 is 9.59 Å². The number of amides is 2. The minimum absolute atomic E-state index is 0.00264. The van der Waals surface area contributed by atoms with Gasteiger partial charge in [-0.2, -0.15) is 11.8 Å². The lowest BCUT2D eigenvalue weighted by Crippen LogP contribution is -2.69. The average Bonchev–Trinajstić information content (AvgIpc) is 3.20. The van der Waals surface area contributed by atoms with Crippen LogP contribution >= 0.6 is 11.8 Å². The highest BCUT2D eigenvalue weighted by atomic mass is 32.2. The van der Waals surface area contributed by atoms with Crippen LogP contribution in [0.5, 0.6) is 0 Å². The molecule has 0 aromatic heterocycles. The molecule has 0 aromatic rings. The minimum Gasteiger partial charge on any atom is -0.340 e. The van der Waals surface area contributed by atoms with Crippen molar-refractivity contribution in [1.29, 1.82) is 0 Å². The summed E-state index contributed by atoms with van der Waals surface area (Å²) in [6.45, 7) is 6.55. The zero-order valence-electron chi connectivity index (χ0n) is 12.1.